The van der Waals surface area contributed by atoms with Crippen molar-refractivity contribution < 1.29 is 9.53 Å². The number of carbonyl (C=O) groups excluding carboxylic acids is 1. The van der Waals surface area contributed by atoms with Crippen molar-refractivity contribution >= 4 is 11.6 Å². The Bertz CT molecular complexity index is 383. The predicted octanol–water partition coefficient (Wildman–Crippen LogP) is 1.95. The van der Waals surface area contributed by atoms with E-state index in [1.807, 2.05) is 31.2 Å². The smallest absolute Gasteiger partial charge is 0.236 e. The van der Waals surface area contributed by atoms with Crippen molar-refractivity contribution in [2.24, 2.45) is 5.10 Å². The van der Waals surface area contributed by atoms with E-state index in [0.29, 0.717) is 0 Å². The molecule has 0 aliphatic rings. The maximum absolute atomic E-state index is 10.8. The Balaban J connectivity index is 2.86. The maximum atomic E-state index is 10.8. The van der Waals surface area contributed by atoms with Crippen LogP contribution in [-0.2, 0) is 4.79 Å². The molecule has 0 spiro atoms. The van der Waals surface area contributed by atoms with Crippen molar-refractivity contribution in [2.75, 3.05) is 7.11 Å². The number of hydrogen-bond donors (Lipinski definition) is 1. The molecule has 0 aromatic heterocycles. The van der Waals surface area contributed by atoms with Crippen LogP contribution in [0.3, 0.4) is 0 Å². The van der Waals surface area contributed by atoms with Crippen molar-refractivity contribution in [3.8, 4) is 5.75 Å². The standard InChI is InChI=1S/C12H16N2O2/c1-4-12(14-13-9(2)15)10-5-7-11(16-3)8-6-10/h5-8H,4H2,1-3H3,(H,13,15)/b14-12+. The van der Waals surface area contributed by atoms with Crippen molar-refractivity contribution in [3.63, 3.8) is 0 Å². The number of ether oxygens (including phenoxy) is 1. The van der Waals surface area contributed by atoms with Gasteiger partial charge < -0.3 is 4.74 Å². The largest absolute Gasteiger partial charge is 0.497 e. The van der Waals surface area contributed by atoms with Gasteiger partial charge >= 0.3 is 0 Å². The quantitative estimate of drug-likeness (QED) is 0.622. The highest BCUT2D eigenvalue weighted by Gasteiger charge is 2.01. The molecule has 0 fully saturated rings. The first kappa shape index (κ1) is 12.2. The van der Waals surface area contributed by atoms with Crippen LogP contribution in [0.5, 0.6) is 5.75 Å². The van der Waals surface area contributed by atoms with E-state index >= 15 is 0 Å². The lowest BCUT2D eigenvalue weighted by Gasteiger charge is -2.05. The van der Waals surface area contributed by atoms with Gasteiger partial charge in [-0.3, -0.25) is 4.79 Å². The van der Waals surface area contributed by atoms with Gasteiger partial charge in [0, 0.05) is 6.92 Å². The van der Waals surface area contributed by atoms with Gasteiger partial charge in [-0.05, 0) is 36.2 Å². The third-order valence-corrected chi connectivity index (χ3v) is 2.11. The summed E-state index contributed by atoms with van der Waals surface area (Å²) in [7, 11) is 1.63. The second-order valence-electron chi connectivity index (χ2n) is 3.31. The van der Waals surface area contributed by atoms with E-state index in [2.05, 4.69) is 10.5 Å². The van der Waals surface area contributed by atoms with Gasteiger partial charge in [0.2, 0.25) is 5.91 Å². The lowest BCUT2D eigenvalue weighted by atomic mass is 10.1. The molecule has 1 aromatic rings. The van der Waals surface area contributed by atoms with Crippen LogP contribution in [0.15, 0.2) is 29.4 Å². The number of nitrogens with one attached hydrogen (secondary N) is 1. The SMILES string of the molecule is CC/C(=N\NC(C)=O)c1ccc(OC)cc1. The molecule has 0 bridgehead atoms. The highest BCUT2D eigenvalue weighted by molar-refractivity contribution is 6.00. The summed E-state index contributed by atoms with van der Waals surface area (Å²) in [6.45, 7) is 3.43. The van der Waals surface area contributed by atoms with Crippen LogP contribution in [0.25, 0.3) is 0 Å². The molecule has 1 amide bonds. The van der Waals surface area contributed by atoms with Crippen molar-refractivity contribution in [1.29, 1.82) is 0 Å². The van der Waals surface area contributed by atoms with E-state index in [1.165, 1.54) is 6.92 Å². The third-order valence-electron chi connectivity index (χ3n) is 2.11. The molecule has 4 heteroatoms. The first-order chi connectivity index (χ1) is 7.67. The predicted molar refractivity (Wildman–Crippen MR) is 63.6 cm³/mol. The van der Waals surface area contributed by atoms with Gasteiger partial charge in [-0.15, -0.1) is 0 Å². The summed E-state index contributed by atoms with van der Waals surface area (Å²) in [5, 5.41) is 4.04. The molecule has 0 saturated heterocycles. The number of benzene rings is 1. The lowest BCUT2D eigenvalue weighted by Crippen LogP contribution is -2.16. The second kappa shape index (κ2) is 5.90. The van der Waals surface area contributed by atoms with Crippen LogP contribution < -0.4 is 10.2 Å². The third kappa shape index (κ3) is 3.38. The summed E-state index contributed by atoms with van der Waals surface area (Å²) in [5.74, 6) is 0.637. The molecule has 16 heavy (non-hydrogen) atoms. The molecular formula is C12H16N2O2. The molecule has 0 radical (unpaired) electrons. The Morgan fingerprint density at radius 3 is 2.44 bits per heavy atom. The van der Waals surface area contributed by atoms with Crippen molar-refractivity contribution in [2.45, 2.75) is 20.3 Å². The summed E-state index contributed by atoms with van der Waals surface area (Å²) in [6.07, 6.45) is 0.757. The molecule has 0 unspecified atom stereocenters. The Labute approximate surface area is 95.3 Å². The normalized spacial score (nSPS) is 11.1. The first-order valence-corrected chi connectivity index (χ1v) is 5.15. The van der Waals surface area contributed by atoms with Crippen LogP contribution >= 0.6 is 0 Å². The summed E-state index contributed by atoms with van der Waals surface area (Å²) >= 11 is 0. The molecular weight excluding hydrogens is 204 g/mol. The van der Waals surface area contributed by atoms with Gasteiger partial charge in [0.15, 0.2) is 0 Å². The van der Waals surface area contributed by atoms with Gasteiger partial charge in [-0.25, -0.2) is 5.43 Å². The molecule has 0 heterocycles. The second-order valence-corrected chi connectivity index (χ2v) is 3.31. The number of nitrogens with zero attached hydrogens (tertiary/aromatic N) is 1. The van der Waals surface area contributed by atoms with Crippen LogP contribution in [0, 0.1) is 0 Å². The molecule has 1 N–H and O–H groups in total. The van der Waals surface area contributed by atoms with Crippen LogP contribution in [0.1, 0.15) is 25.8 Å². The van der Waals surface area contributed by atoms with Crippen molar-refractivity contribution in [1.82, 2.24) is 5.43 Å². The molecule has 0 saturated carbocycles. The zero-order valence-electron chi connectivity index (χ0n) is 9.78. The summed E-state index contributed by atoms with van der Waals surface area (Å²) in [6, 6.07) is 7.58. The highest BCUT2D eigenvalue weighted by atomic mass is 16.5. The summed E-state index contributed by atoms with van der Waals surface area (Å²) in [5.41, 5.74) is 4.27. The average molecular weight is 220 g/mol. The molecule has 0 atom stereocenters. The summed E-state index contributed by atoms with van der Waals surface area (Å²) in [4.78, 5) is 10.8. The van der Waals surface area contributed by atoms with Gasteiger partial charge in [-0.1, -0.05) is 6.92 Å². The number of carbonyl (C=O) groups is 1. The highest BCUT2D eigenvalue weighted by Crippen LogP contribution is 2.12. The topological polar surface area (TPSA) is 50.7 Å². The monoisotopic (exact) mass is 220 g/mol. The first-order valence-electron chi connectivity index (χ1n) is 5.15. The van der Waals surface area contributed by atoms with Gasteiger partial charge in [0.1, 0.15) is 5.75 Å². The Hall–Kier alpha value is -1.84. The average Bonchev–Trinajstić information content (AvgIpc) is 2.30. The molecule has 1 rings (SSSR count). The zero-order chi connectivity index (χ0) is 12.0. The van der Waals surface area contributed by atoms with E-state index in [0.717, 1.165) is 23.4 Å². The van der Waals surface area contributed by atoms with Crippen LogP contribution in [-0.4, -0.2) is 18.7 Å². The Kier molecular flexibility index (Phi) is 4.51. The van der Waals surface area contributed by atoms with Gasteiger partial charge in [0.05, 0.1) is 12.8 Å². The lowest BCUT2D eigenvalue weighted by molar-refractivity contribution is -0.118. The number of hydrogen-bond acceptors (Lipinski definition) is 3. The Morgan fingerprint density at radius 1 is 1.38 bits per heavy atom. The maximum Gasteiger partial charge on any atom is 0.236 e. The molecule has 86 valence electrons. The minimum Gasteiger partial charge on any atom is -0.497 e. The van der Waals surface area contributed by atoms with E-state index in [-0.39, 0.29) is 5.91 Å². The zero-order valence-corrected chi connectivity index (χ0v) is 9.78. The van der Waals surface area contributed by atoms with Gasteiger partial charge in [0.25, 0.3) is 0 Å². The molecule has 0 aliphatic carbocycles. The summed E-state index contributed by atoms with van der Waals surface area (Å²) < 4.78 is 5.07. The van der Waals surface area contributed by atoms with E-state index in [1.54, 1.807) is 7.11 Å². The number of amides is 1. The number of methoxy groups -OCH3 is 1. The van der Waals surface area contributed by atoms with Crippen LogP contribution in [0.4, 0.5) is 0 Å². The van der Waals surface area contributed by atoms with Gasteiger partial charge in [-0.2, -0.15) is 5.10 Å². The number of hydrazone groups is 1. The van der Waals surface area contributed by atoms with E-state index < -0.39 is 0 Å². The molecule has 1 aromatic carbocycles. The van der Waals surface area contributed by atoms with Crippen LogP contribution in [0.2, 0.25) is 0 Å². The fraction of sp³-hybridized carbons (Fsp3) is 0.333. The minimum atomic E-state index is -0.167. The van der Waals surface area contributed by atoms with Crippen molar-refractivity contribution in [3.05, 3.63) is 29.8 Å². The molecule has 4 nitrogen and oxygen atoms in total. The van der Waals surface area contributed by atoms with E-state index in [9.17, 15) is 4.79 Å². The minimum absolute atomic E-state index is 0.167. The fourth-order valence-electron chi connectivity index (χ4n) is 1.28. The fourth-order valence-corrected chi connectivity index (χ4v) is 1.28. The molecule has 0 aliphatic heterocycles. The Morgan fingerprint density at radius 2 is 2.00 bits per heavy atom. The number of rotatable bonds is 4. The van der Waals surface area contributed by atoms with E-state index in [4.69, 9.17) is 4.74 Å².